The number of nitrogens with one attached hydrogen (secondary N) is 2. The van der Waals surface area contributed by atoms with E-state index in [0.29, 0.717) is 0 Å². The number of urea groups is 1. The predicted molar refractivity (Wildman–Crippen MR) is 71.7 cm³/mol. The van der Waals surface area contributed by atoms with E-state index in [9.17, 15) is 18.0 Å². The first-order valence-electron chi connectivity index (χ1n) is 5.60. The van der Waals surface area contributed by atoms with Crippen LogP contribution in [0.2, 0.25) is 0 Å². The van der Waals surface area contributed by atoms with Gasteiger partial charge in [0.1, 0.15) is 0 Å². The number of benzene rings is 1. The van der Waals surface area contributed by atoms with Gasteiger partial charge < -0.3 is 15.7 Å². The zero-order valence-electron chi connectivity index (χ0n) is 10.7. The van der Waals surface area contributed by atoms with Gasteiger partial charge in [0.05, 0.1) is 11.3 Å². The SMILES string of the molecule is C[C@H](CC(=O)O)NC(=O)Nc1cccc(S(N)(=O)=O)c1. The van der Waals surface area contributed by atoms with E-state index in [1.807, 2.05) is 0 Å². The summed E-state index contributed by atoms with van der Waals surface area (Å²) in [5.41, 5.74) is 0.233. The summed E-state index contributed by atoms with van der Waals surface area (Å²) in [5, 5.41) is 18.3. The first-order valence-corrected chi connectivity index (χ1v) is 7.15. The Bertz CT molecular complexity index is 614. The lowest BCUT2D eigenvalue weighted by Crippen LogP contribution is -2.37. The predicted octanol–water partition coefficient (Wildman–Crippen LogP) is 0.319. The Morgan fingerprint density at radius 3 is 2.60 bits per heavy atom. The molecule has 110 valence electrons. The Morgan fingerprint density at radius 1 is 1.40 bits per heavy atom. The third-order valence-electron chi connectivity index (χ3n) is 2.28. The highest BCUT2D eigenvalue weighted by atomic mass is 32.2. The van der Waals surface area contributed by atoms with Crippen LogP contribution in [0.25, 0.3) is 0 Å². The van der Waals surface area contributed by atoms with Crippen molar-refractivity contribution >= 4 is 27.7 Å². The van der Waals surface area contributed by atoms with Crippen molar-refractivity contribution in [3.05, 3.63) is 24.3 Å². The number of carboxylic acid groups (broad SMARTS) is 1. The number of sulfonamides is 1. The number of rotatable bonds is 5. The normalized spacial score (nSPS) is 12.5. The average Bonchev–Trinajstić information content (AvgIpc) is 2.26. The summed E-state index contributed by atoms with van der Waals surface area (Å²) < 4.78 is 22.3. The number of amides is 2. The second-order valence-corrected chi connectivity index (χ2v) is 5.73. The zero-order chi connectivity index (χ0) is 15.3. The smallest absolute Gasteiger partial charge is 0.319 e. The zero-order valence-corrected chi connectivity index (χ0v) is 11.5. The second kappa shape index (κ2) is 6.35. The molecule has 0 aliphatic rings. The molecule has 0 unspecified atom stereocenters. The number of carbonyl (C=O) groups is 2. The Balaban J connectivity index is 2.69. The molecule has 5 N–H and O–H groups in total. The molecule has 0 aliphatic heterocycles. The largest absolute Gasteiger partial charge is 0.481 e. The monoisotopic (exact) mass is 301 g/mol. The standard InChI is InChI=1S/C11H15N3O5S/c1-7(5-10(15)16)13-11(17)14-8-3-2-4-9(6-8)20(12,18)19/h2-4,6-7H,5H2,1H3,(H,15,16)(H2,12,18,19)(H2,13,14,17)/t7-/m1/s1. The summed E-state index contributed by atoms with van der Waals surface area (Å²) in [7, 11) is -3.85. The number of hydrogen-bond donors (Lipinski definition) is 4. The highest BCUT2D eigenvalue weighted by molar-refractivity contribution is 7.89. The Hall–Kier alpha value is -2.13. The third-order valence-corrected chi connectivity index (χ3v) is 3.19. The van der Waals surface area contributed by atoms with Crippen LogP contribution < -0.4 is 15.8 Å². The van der Waals surface area contributed by atoms with E-state index in [1.54, 1.807) is 0 Å². The molecule has 1 aromatic carbocycles. The molecule has 9 heteroatoms. The lowest BCUT2D eigenvalue weighted by molar-refractivity contribution is -0.137. The van der Waals surface area contributed by atoms with Gasteiger partial charge in [0.2, 0.25) is 10.0 Å². The topological polar surface area (TPSA) is 139 Å². The summed E-state index contributed by atoms with van der Waals surface area (Å²) in [6, 6.07) is 4.22. The van der Waals surface area contributed by atoms with Crippen molar-refractivity contribution in [1.29, 1.82) is 0 Å². The minimum Gasteiger partial charge on any atom is -0.481 e. The molecule has 1 aromatic rings. The average molecular weight is 301 g/mol. The molecule has 0 radical (unpaired) electrons. The number of aliphatic carboxylic acids is 1. The number of hydrogen-bond acceptors (Lipinski definition) is 4. The van der Waals surface area contributed by atoms with E-state index in [1.165, 1.54) is 31.2 Å². The van der Waals surface area contributed by atoms with Crippen LogP contribution in [0, 0.1) is 0 Å². The summed E-state index contributed by atoms with van der Waals surface area (Å²) in [5.74, 6) is -1.03. The fourth-order valence-electron chi connectivity index (χ4n) is 1.45. The highest BCUT2D eigenvalue weighted by Gasteiger charge is 2.12. The van der Waals surface area contributed by atoms with E-state index >= 15 is 0 Å². The summed E-state index contributed by atoms with van der Waals surface area (Å²) in [4.78, 5) is 21.9. The van der Waals surface area contributed by atoms with Crippen molar-refractivity contribution in [2.75, 3.05) is 5.32 Å². The first-order chi connectivity index (χ1) is 9.18. The Labute approximate surface area is 116 Å². The summed E-state index contributed by atoms with van der Waals surface area (Å²) >= 11 is 0. The minimum atomic E-state index is -3.85. The van der Waals surface area contributed by atoms with Gasteiger partial charge in [-0.25, -0.2) is 18.4 Å². The molecule has 0 aromatic heterocycles. The van der Waals surface area contributed by atoms with Gasteiger partial charge in [-0.1, -0.05) is 6.07 Å². The molecule has 2 amide bonds. The number of nitrogens with two attached hydrogens (primary N) is 1. The molecule has 0 saturated carbocycles. The summed E-state index contributed by atoms with van der Waals surface area (Å²) in [6.45, 7) is 1.54. The number of carboxylic acids is 1. The molecule has 0 bridgehead atoms. The fraction of sp³-hybridized carbons (Fsp3) is 0.273. The molecular formula is C11H15N3O5S. The van der Waals surface area contributed by atoms with Crippen LogP contribution in [-0.4, -0.2) is 31.6 Å². The van der Waals surface area contributed by atoms with Gasteiger partial charge in [-0.2, -0.15) is 0 Å². The fourth-order valence-corrected chi connectivity index (χ4v) is 2.01. The van der Waals surface area contributed by atoms with Crippen molar-refractivity contribution in [3.8, 4) is 0 Å². The van der Waals surface area contributed by atoms with E-state index in [2.05, 4.69) is 10.6 Å². The van der Waals surface area contributed by atoms with Gasteiger partial charge >= 0.3 is 12.0 Å². The lowest BCUT2D eigenvalue weighted by Gasteiger charge is -2.13. The molecule has 0 spiro atoms. The maximum atomic E-state index is 11.6. The Morgan fingerprint density at radius 2 is 2.05 bits per heavy atom. The first kappa shape index (κ1) is 15.9. The number of primary sulfonamides is 1. The van der Waals surface area contributed by atoms with Gasteiger partial charge in [0, 0.05) is 11.7 Å². The van der Waals surface area contributed by atoms with E-state index in [4.69, 9.17) is 10.2 Å². The molecule has 0 saturated heterocycles. The van der Waals surface area contributed by atoms with Crippen LogP contribution in [-0.2, 0) is 14.8 Å². The summed E-state index contributed by atoms with van der Waals surface area (Å²) in [6.07, 6.45) is -0.218. The molecule has 20 heavy (non-hydrogen) atoms. The van der Waals surface area contributed by atoms with Gasteiger partial charge in [-0.15, -0.1) is 0 Å². The van der Waals surface area contributed by atoms with Crippen LogP contribution in [0.1, 0.15) is 13.3 Å². The molecule has 0 aliphatic carbocycles. The van der Waals surface area contributed by atoms with Crippen LogP contribution >= 0.6 is 0 Å². The quantitative estimate of drug-likeness (QED) is 0.620. The van der Waals surface area contributed by atoms with Crippen molar-refractivity contribution in [2.24, 2.45) is 5.14 Å². The van der Waals surface area contributed by atoms with Crippen molar-refractivity contribution in [3.63, 3.8) is 0 Å². The highest BCUT2D eigenvalue weighted by Crippen LogP contribution is 2.13. The number of carbonyl (C=O) groups excluding carboxylic acids is 1. The van der Waals surface area contributed by atoms with E-state index in [-0.39, 0.29) is 17.0 Å². The van der Waals surface area contributed by atoms with Crippen molar-refractivity contribution in [1.82, 2.24) is 5.32 Å². The molecule has 8 nitrogen and oxygen atoms in total. The van der Waals surface area contributed by atoms with Gasteiger partial charge in [0.25, 0.3) is 0 Å². The van der Waals surface area contributed by atoms with E-state index < -0.39 is 28.1 Å². The number of anilines is 1. The molecule has 1 atom stereocenters. The molecule has 0 heterocycles. The van der Waals surface area contributed by atoms with Crippen LogP contribution in [0.15, 0.2) is 29.2 Å². The van der Waals surface area contributed by atoms with Crippen LogP contribution in [0.4, 0.5) is 10.5 Å². The van der Waals surface area contributed by atoms with Crippen LogP contribution in [0.5, 0.6) is 0 Å². The third kappa shape index (κ3) is 5.24. The molecule has 1 rings (SSSR count). The maximum Gasteiger partial charge on any atom is 0.319 e. The van der Waals surface area contributed by atoms with Gasteiger partial charge in [-0.3, -0.25) is 4.79 Å². The van der Waals surface area contributed by atoms with E-state index in [0.717, 1.165) is 0 Å². The lowest BCUT2D eigenvalue weighted by atomic mass is 10.2. The van der Waals surface area contributed by atoms with Crippen molar-refractivity contribution in [2.45, 2.75) is 24.3 Å². The maximum absolute atomic E-state index is 11.6. The minimum absolute atomic E-state index is 0.131. The van der Waals surface area contributed by atoms with Crippen molar-refractivity contribution < 1.29 is 23.1 Å². The van der Waals surface area contributed by atoms with Gasteiger partial charge in [-0.05, 0) is 25.1 Å². The molecule has 0 fully saturated rings. The van der Waals surface area contributed by atoms with Crippen LogP contribution in [0.3, 0.4) is 0 Å². The second-order valence-electron chi connectivity index (χ2n) is 4.17. The Kier molecular flexibility index (Phi) is 5.06. The van der Waals surface area contributed by atoms with Gasteiger partial charge in [0.15, 0.2) is 0 Å². The molecular weight excluding hydrogens is 286 g/mol.